The first-order valence-electron chi connectivity index (χ1n) is 9.00. The molecule has 28 heavy (non-hydrogen) atoms. The Balaban J connectivity index is 1.91. The van der Waals surface area contributed by atoms with Crippen LogP contribution in [0.2, 0.25) is 0 Å². The van der Waals surface area contributed by atoms with Crippen LogP contribution in [0.5, 0.6) is 5.75 Å². The molecule has 0 unspecified atom stereocenters. The first-order valence-corrected chi connectivity index (χ1v) is 9.00. The van der Waals surface area contributed by atoms with Crippen LogP contribution in [0.3, 0.4) is 0 Å². The SMILES string of the molecule is COc1cccc(-c2cccc([C@]3(c4ccccc4)N=C(N)N(C)C3=O)c2)c1. The molecule has 0 bridgehead atoms. The number of hydrogen-bond donors (Lipinski definition) is 1. The van der Waals surface area contributed by atoms with Crippen molar-refractivity contribution >= 4 is 11.9 Å². The molecule has 5 nitrogen and oxygen atoms in total. The molecule has 1 aliphatic heterocycles. The Morgan fingerprint density at radius 2 is 1.54 bits per heavy atom. The number of rotatable bonds is 4. The topological polar surface area (TPSA) is 67.9 Å². The van der Waals surface area contributed by atoms with Gasteiger partial charge in [0.1, 0.15) is 5.75 Å². The lowest BCUT2D eigenvalue weighted by Crippen LogP contribution is -2.41. The summed E-state index contributed by atoms with van der Waals surface area (Å²) in [5.41, 5.74) is 8.40. The Bertz CT molecular complexity index is 1060. The minimum absolute atomic E-state index is 0.168. The molecule has 4 rings (SSSR count). The predicted molar refractivity (Wildman–Crippen MR) is 110 cm³/mol. The van der Waals surface area contributed by atoms with Crippen molar-refractivity contribution in [2.75, 3.05) is 14.2 Å². The highest BCUT2D eigenvalue weighted by Gasteiger charge is 2.49. The van der Waals surface area contributed by atoms with Crippen molar-refractivity contribution in [3.63, 3.8) is 0 Å². The second-order valence-corrected chi connectivity index (χ2v) is 6.72. The predicted octanol–water partition coefficient (Wildman–Crippen LogP) is 3.39. The summed E-state index contributed by atoms with van der Waals surface area (Å²) < 4.78 is 5.34. The molecular formula is C23H21N3O2. The van der Waals surface area contributed by atoms with Crippen LogP contribution in [0.15, 0.2) is 83.9 Å². The van der Waals surface area contributed by atoms with Gasteiger partial charge >= 0.3 is 0 Å². The maximum atomic E-state index is 13.3. The number of nitrogens with zero attached hydrogens (tertiary/aromatic N) is 2. The van der Waals surface area contributed by atoms with Crippen molar-refractivity contribution in [2.24, 2.45) is 10.7 Å². The van der Waals surface area contributed by atoms with Crippen molar-refractivity contribution in [2.45, 2.75) is 5.54 Å². The van der Waals surface area contributed by atoms with Crippen LogP contribution in [0.25, 0.3) is 11.1 Å². The highest BCUT2D eigenvalue weighted by atomic mass is 16.5. The fourth-order valence-electron chi connectivity index (χ4n) is 3.59. The van der Waals surface area contributed by atoms with E-state index >= 15 is 0 Å². The molecule has 0 saturated carbocycles. The number of likely N-dealkylation sites (N-methyl/N-ethyl adjacent to an activating group) is 1. The van der Waals surface area contributed by atoms with E-state index in [1.54, 1.807) is 14.2 Å². The summed E-state index contributed by atoms with van der Waals surface area (Å²) in [4.78, 5) is 19.3. The Morgan fingerprint density at radius 3 is 2.18 bits per heavy atom. The van der Waals surface area contributed by atoms with Gasteiger partial charge in [0, 0.05) is 7.05 Å². The minimum Gasteiger partial charge on any atom is -0.497 e. The zero-order valence-corrected chi connectivity index (χ0v) is 15.8. The van der Waals surface area contributed by atoms with Crippen LogP contribution < -0.4 is 10.5 Å². The maximum absolute atomic E-state index is 13.3. The average Bonchev–Trinajstić information content (AvgIpc) is 2.99. The lowest BCUT2D eigenvalue weighted by molar-refractivity contribution is -0.129. The van der Waals surface area contributed by atoms with Crippen molar-refractivity contribution in [1.82, 2.24) is 4.90 Å². The molecule has 140 valence electrons. The Hall–Kier alpha value is -3.60. The first kappa shape index (κ1) is 17.8. The molecule has 0 fully saturated rings. The fraction of sp³-hybridized carbons (Fsp3) is 0.130. The van der Waals surface area contributed by atoms with Crippen LogP contribution in [-0.2, 0) is 10.3 Å². The van der Waals surface area contributed by atoms with Crippen molar-refractivity contribution in [1.29, 1.82) is 0 Å². The van der Waals surface area contributed by atoms with E-state index in [1.807, 2.05) is 78.9 Å². The number of ether oxygens (including phenoxy) is 1. The molecule has 1 atom stereocenters. The lowest BCUT2D eigenvalue weighted by Gasteiger charge is -2.26. The molecule has 0 aromatic heterocycles. The van der Waals surface area contributed by atoms with Crippen LogP contribution >= 0.6 is 0 Å². The third-order valence-electron chi connectivity index (χ3n) is 5.12. The molecule has 1 aliphatic rings. The van der Waals surface area contributed by atoms with Gasteiger partial charge in [-0.1, -0.05) is 60.7 Å². The van der Waals surface area contributed by atoms with Gasteiger partial charge in [-0.2, -0.15) is 0 Å². The van der Waals surface area contributed by atoms with Gasteiger partial charge in [0.2, 0.25) is 0 Å². The third kappa shape index (κ3) is 2.72. The maximum Gasteiger partial charge on any atom is 0.266 e. The number of amides is 1. The number of benzene rings is 3. The van der Waals surface area contributed by atoms with Crippen molar-refractivity contribution in [3.8, 4) is 16.9 Å². The molecule has 2 N–H and O–H groups in total. The molecule has 0 aliphatic carbocycles. The van der Waals surface area contributed by atoms with Gasteiger partial charge in [-0.15, -0.1) is 0 Å². The number of carbonyl (C=O) groups excluding carboxylic acids is 1. The number of guanidine groups is 1. The molecule has 1 heterocycles. The largest absolute Gasteiger partial charge is 0.497 e. The Kier molecular flexibility index (Phi) is 4.35. The molecule has 0 spiro atoms. The van der Waals surface area contributed by atoms with E-state index in [0.717, 1.165) is 28.0 Å². The standard InChI is InChI=1S/C23H21N3O2/c1-26-21(27)23(25-22(26)24,18-10-4-3-5-11-18)19-12-6-8-16(14-19)17-9-7-13-20(15-17)28-2/h3-15H,1-2H3,(H2,24,25)/t23-/m0/s1. The Labute approximate surface area is 164 Å². The molecule has 0 saturated heterocycles. The molecule has 0 radical (unpaired) electrons. The van der Waals surface area contributed by atoms with Gasteiger partial charge in [-0.25, -0.2) is 4.99 Å². The van der Waals surface area contributed by atoms with E-state index in [9.17, 15) is 4.79 Å². The summed E-state index contributed by atoms with van der Waals surface area (Å²) in [5.74, 6) is 0.819. The molecule has 5 heteroatoms. The van der Waals surface area contributed by atoms with Crippen molar-refractivity contribution < 1.29 is 9.53 Å². The Morgan fingerprint density at radius 1 is 0.893 bits per heavy atom. The zero-order chi connectivity index (χ0) is 19.7. The van der Waals surface area contributed by atoms with E-state index < -0.39 is 5.54 Å². The van der Waals surface area contributed by atoms with Crippen LogP contribution in [0.1, 0.15) is 11.1 Å². The number of aliphatic imine (C=N–C) groups is 1. The second kappa shape index (κ2) is 6.85. The van der Waals surface area contributed by atoms with Gasteiger partial charge in [0.25, 0.3) is 5.91 Å². The van der Waals surface area contributed by atoms with Gasteiger partial charge in [-0.05, 0) is 40.5 Å². The highest BCUT2D eigenvalue weighted by Crippen LogP contribution is 2.40. The van der Waals surface area contributed by atoms with Gasteiger partial charge in [0.05, 0.1) is 7.11 Å². The van der Waals surface area contributed by atoms with E-state index in [2.05, 4.69) is 4.99 Å². The smallest absolute Gasteiger partial charge is 0.266 e. The summed E-state index contributed by atoms with van der Waals surface area (Å²) >= 11 is 0. The number of carbonyl (C=O) groups is 1. The fourth-order valence-corrected chi connectivity index (χ4v) is 3.59. The van der Waals surface area contributed by atoms with E-state index in [1.165, 1.54) is 4.90 Å². The monoisotopic (exact) mass is 371 g/mol. The minimum atomic E-state index is -1.19. The number of hydrogen-bond acceptors (Lipinski definition) is 4. The third-order valence-corrected chi connectivity index (χ3v) is 5.12. The first-order chi connectivity index (χ1) is 13.6. The zero-order valence-electron chi connectivity index (χ0n) is 15.8. The highest BCUT2D eigenvalue weighted by molar-refractivity contribution is 6.09. The average molecular weight is 371 g/mol. The summed E-state index contributed by atoms with van der Waals surface area (Å²) in [6.45, 7) is 0. The van der Waals surface area contributed by atoms with Crippen LogP contribution in [-0.4, -0.2) is 30.9 Å². The van der Waals surface area contributed by atoms with Crippen molar-refractivity contribution in [3.05, 3.63) is 90.0 Å². The number of methoxy groups -OCH3 is 1. The quantitative estimate of drug-likeness (QED) is 0.764. The normalized spacial score (nSPS) is 18.9. The number of nitrogens with two attached hydrogens (primary N) is 1. The van der Waals surface area contributed by atoms with Crippen LogP contribution in [0.4, 0.5) is 0 Å². The van der Waals surface area contributed by atoms with E-state index in [4.69, 9.17) is 10.5 Å². The van der Waals surface area contributed by atoms with Gasteiger partial charge in [-0.3, -0.25) is 9.69 Å². The molecule has 3 aromatic rings. The molecule has 1 amide bonds. The lowest BCUT2D eigenvalue weighted by atomic mass is 9.82. The second-order valence-electron chi connectivity index (χ2n) is 6.72. The summed E-state index contributed by atoms with van der Waals surface area (Å²) in [5, 5.41) is 0. The van der Waals surface area contributed by atoms with E-state index in [-0.39, 0.29) is 11.9 Å². The van der Waals surface area contributed by atoms with E-state index in [0.29, 0.717) is 0 Å². The summed E-state index contributed by atoms with van der Waals surface area (Å²) in [6, 6.07) is 25.2. The molecule has 3 aromatic carbocycles. The van der Waals surface area contributed by atoms with Gasteiger partial charge in [0.15, 0.2) is 11.5 Å². The van der Waals surface area contributed by atoms with Crippen LogP contribution in [0, 0.1) is 0 Å². The molecular weight excluding hydrogens is 350 g/mol. The summed E-state index contributed by atoms with van der Waals surface area (Å²) in [6.07, 6.45) is 0. The summed E-state index contributed by atoms with van der Waals surface area (Å²) in [7, 11) is 3.29. The van der Waals surface area contributed by atoms with Gasteiger partial charge < -0.3 is 10.5 Å².